The SMILES string of the molecule is COC1(C)CCC(N)(C(=O)O)CC1.COC1(C)CCC(N)(C(=O)O)CC1. The summed E-state index contributed by atoms with van der Waals surface area (Å²) in [5.41, 5.74) is 9.02. The molecule has 0 aromatic rings. The highest BCUT2D eigenvalue weighted by molar-refractivity contribution is 5.79. The van der Waals surface area contributed by atoms with Crippen molar-refractivity contribution in [2.24, 2.45) is 11.5 Å². The van der Waals surface area contributed by atoms with Crippen LogP contribution in [0.15, 0.2) is 0 Å². The standard InChI is InChI=1S/2C9H17NO3/c2*1-8(13-2)3-5-9(10,6-4-8)7(11)12/h2*3-6,10H2,1-2H3,(H,11,12). The number of aliphatic carboxylic acids is 2. The van der Waals surface area contributed by atoms with Crippen LogP contribution < -0.4 is 11.5 Å². The van der Waals surface area contributed by atoms with Crippen molar-refractivity contribution in [2.75, 3.05) is 14.2 Å². The molecule has 0 heterocycles. The molecule has 2 aliphatic carbocycles. The first-order valence-corrected chi connectivity index (χ1v) is 8.99. The maximum absolute atomic E-state index is 10.8. The molecule has 2 saturated carbocycles. The van der Waals surface area contributed by atoms with Crippen molar-refractivity contribution in [2.45, 2.75) is 87.5 Å². The predicted octanol–water partition coefficient (Wildman–Crippen LogP) is 1.50. The third kappa shape index (κ3) is 5.39. The fourth-order valence-corrected chi connectivity index (χ4v) is 3.29. The summed E-state index contributed by atoms with van der Waals surface area (Å²) >= 11 is 0. The zero-order chi connectivity index (χ0) is 20.2. The van der Waals surface area contributed by atoms with E-state index in [1.807, 2.05) is 13.8 Å². The largest absolute Gasteiger partial charge is 0.480 e. The molecule has 0 saturated heterocycles. The number of hydrogen-bond acceptors (Lipinski definition) is 6. The minimum absolute atomic E-state index is 0.182. The van der Waals surface area contributed by atoms with Gasteiger partial charge in [-0.3, -0.25) is 9.59 Å². The van der Waals surface area contributed by atoms with Crippen LogP contribution in [0.1, 0.15) is 65.2 Å². The second kappa shape index (κ2) is 8.21. The van der Waals surface area contributed by atoms with Gasteiger partial charge >= 0.3 is 11.9 Å². The molecule has 152 valence electrons. The van der Waals surface area contributed by atoms with Crippen LogP contribution in [-0.2, 0) is 19.1 Å². The van der Waals surface area contributed by atoms with Crippen molar-refractivity contribution in [1.82, 2.24) is 0 Å². The lowest BCUT2D eigenvalue weighted by molar-refractivity contribution is -0.148. The number of ether oxygens (including phenoxy) is 2. The normalized spacial score (nSPS) is 40.2. The molecule has 2 rings (SSSR count). The van der Waals surface area contributed by atoms with Gasteiger partial charge in [0.1, 0.15) is 11.1 Å². The summed E-state index contributed by atoms with van der Waals surface area (Å²) in [6.07, 6.45) is 4.83. The monoisotopic (exact) mass is 374 g/mol. The van der Waals surface area contributed by atoms with E-state index in [0.717, 1.165) is 0 Å². The van der Waals surface area contributed by atoms with Crippen LogP contribution in [0.5, 0.6) is 0 Å². The van der Waals surface area contributed by atoms with Gasteiger partial charge in [0, 0.05) is 14.2 Å². The lowest BCUT2D eigenvalue weighted by atomic mass is 9.75. The molecule has 0 aliphatic heterocycles. The van der Waals surface area contributed by atoms with Gasteiger partial charge in [0.15, 0.2) is 0 Å². The maximum atomic E-state index is 10.8. The van der Waals surface area contributed by atoms with E-state index < -0.39 is 23.0 Å². The van der Waals surface area contributed by atoms with Gasteiger partial charge in [0.25, 0.3) is 0 Å². The third-order valence-electron chi connectivity index (χ3n) is 6.24. The minimum Gasteiger partial charge on any atom is -0.480 e. The van der Waals surface area contributed by atoms with Crippen molar-refractivity contribution >= 4 is 11.9 Å². The van der Waals surface area contributed by atoms with Crippen LogP contribution >= 0.6 is 0 Å². The molecule has 0 atom stereocenters. The molecule has 0 aromatic carbocycles. The zero-order valence-electron chi connectivity index (χ0n) is 16.3. The third-order valence-corrected chi connectivity index (χ3v) is 6.24. The predicted molar refractivity (Wildman–Crippen MR) is 96.9 cm³/mol. The Morgan fingerprint density at radius 1 is 0.692 bits per heavy atom. The van der Waals surface area contributed by atoms with Crippen LogP contribution in [0.3, 0.4) is 0 Å². The van der Waals surface area contributed by atoms with Gasteiger partial charge in [-0.1, -0.05) is 0 Å². The van der Waals surface area contributed by atoms with E-state index in [2.05, 4.69) is 0 Å². The van der Waals surface area contributed by atoms with Crippen molar-refractivity contribution in [3.8, 4) is 0 Å². The Kier molecular flexibility index (Phi) is 7.20. The Morgan fingerprint density at radius 3 is 1.08 bits per heavy atom. The van der Waals surface area contributed by atoms with Gasteiger partial charge in [0.05, 0.1) is 11.2 Å². The molecular formula is C18H34N2O6. The molecule has 0 unspecified atom stereocenters. The van der Waals surface area contributed by atoms with Crippen molar-refractivity contribution in [1.29, 1.82) is 0 Å². The number of methoxy groups -OCH3 is 2. The number of nitrogens with two attached hydrogens (primary N) is 2. The van der Waals surface area contributed by atoms with Crippen LogP contribution in [0.4, 0.5) is 0 Å². The van der Waals surface area contributed by atoms with Gasteiger partial charge in [-0.2, -0.15) is 0 Å². The average Bonchev–Trinajstić information content (AvgIpc) is 2.61. The van der Waals surface area contributed by atoms with Crippen LogP contribution in [-0.4, -0.2) is 58.7 Å². The Hall–Kier alpha value is -1.22. The topological polar surface area (TPSA) is 145 Å². The summed E-state index contributed by atoms with van der Waals surface area (Å²) in [5, 5.41) is 17.7. The maximum Gasteiger partial charge on any atom is 0.323 e. The lowest BCUT2D eigenvalue weighted by Crippen LogP contribution is -2.53. The summed E-state index contributed by atoms with van der Waals surface area (Å²) in [6.45, 7) is 3.99. The smallest absolute Gasteiger partial charge is 0.323 e. The first-order chi connectivity index (χ1) is 11.8. The van der Waals surface area contributed by atoms with E-state index in [1.54, 1.807) is 14.2 Å². The number of carboxylic acids is 2. The van der Waals surface area contributed by atoms with Gasteiger partial charge in [-0.25, -0.2) is 0 Å². The molecule has 0 radical (unpaired) electrons. The van der Waals surface area contributed by atoms with E-state index in [-0.39, 0.29) is 11.2 Å². The molecule has 26 heavy (non-hydrogen) atoms. The molecule has 8 nitrogen and oxygen atoms in total. The summed E-state index contributed by atoms with van der Waals surface area (Å²) < 4.78 is 10.6. The first kappa shape index (κ1) is 22.8. The Bertz CT molecular complexity index is 460. The van der Waals surface area contributed by atoms with Crippen LogP contribution in [0.2, 0.25) is 0 Å². The highest BCUT2D eigenvalue weighted by Gasteiger charge is 2.43. The fraction of sp³-hybridized carbons (Fsp3) is 0.889. The van der Waals surface area contributed by atoms with Crippen LogP contribution in [0, 0.1) is 0 Å². The van der Waals surface area contributed by atoms with Crippen molar-refractivity contribution in [3.05, 3.63) is 0 Å². The van der Waals surface area contributed by atoms with E-state index in [9.17, 15) is 9.59 Å². The Balaban J connectivity index is 0.000000260. The van der Waals surface area contributed by atoms with E-state index in [0.29, 0.717) is 51.4 Å². The van der Waals surface area contributed by atoms with Gasteiger partial charge in [-0.05, 0) is 65.2 Å². The van der Waals surface area contributed by atoms with Gasteiger partial charge in [-0.15, -0.1) is 0 Å². The van der Waals surface area contributed by atoms with E-state index >= 15 is 0 Å². The minimum atomic E-state index is -1.03. The number of rotatable bonds is 4. The second-order valence-corrected chi connectivity index (χ2v) is 8.23. The highest BCUT2D eigenvalue weighted by atomic mass is 16.5. The second-order valence-electron chi connectivity index (χ2n) is 8.23. The van der Waals surface area contributed by atoms with Gasteiger partial charge in [0.2, 0.25) is 0 Å². The molecular weight excluding hydrogens is 340 g/mol. The lowest BCUT2D eigenvalue weighted by Gasteiger charge is -2.39. The highest BCUT2D eigenvalue weighted by Crippen LogP contribution is 2.36. The van der Waals surface area contributed by atoms with Crippen molar-refractivity contribution < 1.29 is 29.3 Å². The van der Waals surface area contributed by atoms with Crippen molar-refractivity contribution in [3.63, 3.8) is 0 Å². The average molecular weight is 374 g/mol. The molecule has 8 heteroatoms. The van der Waals surface area contributed by atoms with Gasteiger partial charge < -0.3 is 31.2 Å². The molecule has 0 amide bonds. The quantitative estimate of drug-likeness (QED) is 0.579. The molecule has 2 fully saturated rings. The molecule has 0 spiro atoms. The first-order valence-electron chi connectivity index (χ1n) is 8.99. The number of carbonyl (C=O) groups is 2. The number of hydrogen-bond donors (Lipinski definition) is 4. The Labute approximate surface area is 155 Å². The molecule has 2 aliphatic rings. The van der Waals surface area contributed by atoms with Crippen LogP contribution in [0.25, 0.3) is 0 Å². The Morgan fingerprint density at radius 2 is 0.923 bits per heavy atom. The summed E-state index contributed by atoms with van der Waals surface area (Å²) in [5.74, 6) is -1.80. The van der Waals surface area contributed by atoms with E-state index in [1.165, 1.54) is 0 Å². The molecule has 6 N–H and O–H groups in total. The fourth-order valence-electron chi connectivity index (χ4n) is 3.29. The zero-order valence-corrected chi connectivity index (χ0v) is 16.3. The van der Waals surface area contributed by atoms with E-state index in [4.69, 9.17) is 31.2 Å². The molecule has 0 aromatic heterocycles. The molecule has 0 bridgehead atoms. The number of carboxylic acid groups (broad SMARTS) is 2. The summed E-state index contributed by atoms with van der Waals surface area (Å²) in [6, 6.07) is 0. The summed E-state index contributed by atoms with van der Waals surface area (Å²) in [4.78, 5) is 21.6. The summed E-state index contributed by atoms with van der Waals surface area (Å²) in [7, 11) is 3.31.